The fourth-order valence-corrected chi connectivity index (χ4v) is 2.11. The molecule has 0 aliphatic carbocycles. The number of benzene rings is 2. The van der Waals surface area contributed by atoms with E-state index in [2.05, 4.69) is 0 Å². The van der Waals surface area contributed by atoms with Gasteiger partial charge < -0.3 is 14.9 Å². The van der Waals surface area contributed by atoms with Crippen LogP contribution in [-0.4, -0.2) is 22.2 Å². The highest BCUT2D eigenvalue weighted by Gasteiger charge is 2.17. The van der Waals surface area contributed by atoms with Gasteiger partial charge in [-0.25, -0.2) is 4.79 Å². The number of aromatic carboxylic acids is 1. The summed E-state index contributed by atoms with van der Waals surface area (Å²) in [6.07, 6.45) is -0.191. The lowest BCUT2D eigenvalue weighted by molar-refractivity contribution is -0.136. The molecule has 0 heterocycles. The van der Waals surface area contributed by atoms with Crippen molar-refractivity contribution in [2.75, 3.05) is 0 Å². The van der Waals surface area contributed by atoms with Crippen LogP contribution in [0.1, 0.15) is 27.0 Å². The van der Waals surface area contributed by atoms with E-state index in [1.807, 2.05) is 6.92 Å². The monoisotopic (exact) mass is 300 g/mol. The number of carboxylic acid groups (broad SMARTS) is 2. The van der Waals surface area contributed by atoms with Gasteiger partial charge in [0.15, 0.2) is 0 Å². The minimum Gasteiger partial charge on any atom is -0.481 e. The largest absolute Gasteiger partial charge is 0.481 e. The number of aryl methyl sites for hydroxylation is 1. The summed E-state index contributed by atoms with van der Waals surface area (Å²) in [7, 11) is 0. The maximum absolute atomic E-state index is 11.4. The second-order valence-electron chi connectivity index (χ2n) is 4.97. The highest BCUT2D eigenvalue weighted by molar-refractivity contribution is 5.91. The van der Waals surface area contributed by atoms with Crippen LogP contribution < -0.4 is 4.74 Å². The van der Waals surface area contributed by atoms with Crippen LogP contribution in [-0.2, 0) is 11.2 Å². The Labute approximate surface area is 127 Å². The van der Waals surface area contributed by atoms with Gasteiger partial charge in [0.25, 0.3) is 0 Å². The number of rotatable bonds is 5. The molecule has 2 N–H and O–H groups in total. The van der Waals surface area contributed by atoms with Crippen LogP contribution in [0.2, 0.25) is 0 Å². The Bertz CT molecular complexity index is 734. The third-order valence-electron chi connectivity index (χ3n) is 3.43. The minimum atomic E-state index is -1.09. The molecule has 5 heteroatoms. The summed E-state index contributed by atoms with van der Waals surface area (Å²) in [5.74, 6) is -1.48. The lowest BCUT2D eigenvalue weighted by Gasteiger charge is -2.15. The number of carbonyl (C=O) groups is 2. The van der Waals surface area contributed by atoms with Crippen molar-refractivity contribution in [2.24, 2.45) is 0 Å². The van der Waals surface area contributed by atoms with Crippen LogP contribution in [0.25, 0.3) is 0 Å². The minimum absolute atomic E-state index is 0.0493. The molecule has 0 amide bonds. The normalized spacial score (nSPS) is 10.3. The number of carboxylic acids is 2. The fraction of sp³-hybridized carbons (Fsp3) is 0.176. The average molecular weight is 300 g/mol. The number of hydrogen-bond donors (Lipinski definition) is 2. The second kappa shape index (κ2) is 6.30. The van der Waals surface area contributed by atoms with E-state index in [1.165, 1.54) is 6.07 Å². The Balaban J connectivity index is 2.50. The number of ether oxygens (including phenoxy) is 1. The van der Waals surface area contributed by atoms with Crippen LogP contribution in [0.3, 0.4) is 0 Å². The molecule has 0 aliphatic heterocycles. The number of para-hydroxylation sites is 1. The zero-order valence-electron chi connectivity index (χ0n) is 12.3. The Morgan fingerprint density at radius 2 is 1.73 bits per heavy atom. The SMILES string of the molecule is Cc1ccc(C(=O)O)c(Oc2ccccc2CC(=O)O)c1C. The van der Waals surface area contributed by atoms with Crippen molar-refractivity contribution in [1.82, 2.24) is 0 Å². The molecule has 0 aromatic heterocycles. The maximum atomic E-state index is 11.4. The third kappa shape index (κ3) is 3.25. The lowest BCUT2D eigenvalue weighted by atomic mass is 10.0. The molecule has 0 radical (unpaired) electrons. The summed E-state index contributed by atoms with van der Waals surface area (Å²) in [6.45, 7) is 3.63. The van der Waals surface area contributed by atoms with Crippen molar-refractivity contribution < 1.29 is 24.5 Å². The predicted molar refractivity (Wildman–Crippen MR) is 80.7 cm³/mol. The van der Waals surface area contributed by atoms with Crippen molar-refractivity contribution in [1.29, 1.82) is 0 Å². The van der Waals surface area contributed by atoms with Gasteiger partial charge >= 0.3 is 11.9 Å². The first-order valence-corrected chi connectivity index (χ1v) is 6.71. The first-order valence-electron chi connectivity index (χ1n) is 6.71. The fourth-order valence-electron chi connectivity index (χ4n) is 2.11. The first kappa shape index (κ1) is 15.6. The van der Waals surface area contributed by atoms with Crippen molar-refractivity contribution >= 4 is 11.9 Å². The summed E-state index contributed by atoms with van der Waals surface area (Å²) >= 11 is 0. The standard InChI is InChI=1S/C17H16O5/c1-10-7-8-13(17(20)21)16(11(10)2)22-14-6-4-3-5-12(14)9-15(18)19/h3-8H,9H2,1-2H3,(H,18,19)(H,20,21). The van der Waals surface area contributed by atoms with E-state index in [-0.39, 0.29) is 17.7 Å². The van der Waals surface area contributed by atoms with Crippen molar-refractivity contribution in [3.8, 4) is 11.5 Å². The van der Waals surface area contributed by atoms with Crippen molar-refractivity contribution in [3.63, 3.8) is 0 Å². The van der Waals surface area contributed by atoms with Gasteiger partial charge in [0, 0.05) is 5.56 Å². The molecule has 0 atom stereocenters. The zero-order chi connectivity index (χ0) is 16.3. The Kier molecular flexibility index (Phi) is 4.46. The van der Waals surface area contributed by atoms with Crippen molar-refractivity contribution in [2.45, 2.75) is 20.3 Å². The molecular weight excluding hydrogens is 284 g/mol. The topological polar surface area (TPSA) is 83.8 Å². The molecule has 2 aromatic rings. The Hall–Kier alpha value is -2.82. The molecule has 2 rings (SSSR count). The van der Waals surface area contributed by atoms with Crippen LogP contribution >= 0.6 is 0 Å². The van der Waals surface area contributed by atoms with Gasteiger partial charge in [-0.2, -0.15) is 0 Å². The van der Waals surface area contributed by atoms with Gasteiger partial charge in [0.2, 0.25) is 0 Å². The lowest BCUT2D eigenvalue weighted by Crippen LogP contribution is -2.05. The Morgan fingerprint density at radius 3 is 2.36 bits per heavy atom. The first-order chi connectivity index (χ1) is 10.4. The molecule has 114 valence electrons. The summed E-state index contributed by atoms with van der Waals surface area (Å²) in [5.41, 5.74) is 2.15. The van der Waals surface area contributed by atoms with Gasteiger partial charge in [0.05, 0.1) is 6.42 Å². The summed E-state index contributed by atoms with van der Waals surface area (Å²) < 4.78 is 5.77. The molecule has 0 aliphatic rings. The van der Waals surface area contributed by atoms with E-state index < -0.39 is 11.9 Å². The highest BCUT2D eigenvalue weighted by atomic mass is 16.5. The van der Waals surface area contributed by atoms with Crippen LogP contribution in [0.5, 0.6) is 11.5 Å². The van der Waals surface area contributed by atoms with Gasteiger partial charge in [0.1, 0.15) is 17.1 Å². The van der Waals surface area contributed by atoms with Gasteiger partial charge in [-0.05, 0) is 37.1 Å². The highest BCUT2D eigenvalue weighted by Crippen LogP contribution is 2.33. The summed E-state index contributed by atoms with van der Waals surface area (Å²) in [5, 5.41) is 18.2. The maximum Gasteiger partial charge on any atom is 0.339 e. The van der Waals surface area contributed by atoms with E-state index in [1.54, 1.807) is 37.3 Å². The quantitative estimate of drug-likeness (QED) is 0.884. The molecule has 22 heavy (non-hydrogen) atoms. The molecule has 0 bridgehead atoms. The van der Waals surface area contributed by atoms with Gasteiger partial charge in [-0.3, -0.25) is 4.79 Å². The van der Waals surface area contributed by atoms with E-state index in [0.717, 1.165) is 5.56 Å². The third-order valence-corrected chi connectivity index (χ3v) is 3.43. The van der Waals surface area contributed by atoms with E-state index >= 15 is 0 Å². The summed E-state index contributed by atoms with van der Waals surface area (Å²) in [6, 6.07) is 9.91. The molecule has 0 saturated heterocycles. The van der Waals surface area contributed by atoms with Crippen LogP contribution in [0.15, 0.2) is 36.4 Å². The zero-order valence-corrected chi connectivity index (χ0v) is 12.3. The smallest absolute Gasteiger partial charge is 0.339 e. The van der Waals surface area contributed by atoms with Gasteiger partial charge in [-0.1, -0.05) is 24.3 Å². The second-order valence-corrected chi connectivity index (χ2v) is 4.97. The van der Waals surface area contributed by atoms with E-state index in [9.17, 15) is 14.7 Å². The number of aliphatic carboxylic acids is 1. The van der Waals surface area contributed by atoms with Crippen LogP contribution in [0, 0.1) is 13.8 Å². The van der Waals surface area contributed by atoms with E-state index in [4.69, 9.17) is 9.84 Å². The molecule has 0 spiro atoms. The molecule has 0 fully saturated rings. The molecule has 2 aromatic carbocycles. The predicted octanol–water partition coefficient (Wildman–Crippen LogP) is 3.42. The van der Waals surface area contributed by atoms with Crippen LogP contribution in [0.4, 0.5) is 0 Å². The molecule has 5 nitrogen and oxygen atoms in total. The molecule has 0 unspecified atom stereocenters. The van der Waals surface area contributed by atoms with Gasteiger partial charge in [-0.15, -0.1) is 0 Å². The average Bonchev–Trinajstić information content (AvgIpc) is 2.45. The van der Waals surface area contributed by atoms with Crippen molar-refractivity contribution in [3.05, 3.63) is 58.7 Å². The Morgan fingerprint density at radius 1 is 1.05 bits per heavy atom. The summed E-state index contributed by atoms with van der Waals surface area (Å²) in [4.78, 5) is 22.3. The molecule has 0 saturated carbocycles. The number of hydrogen-bond acceptors (Lipinski definition) is 3. The molecular formula is C17H16O5. The van der Waals surface area contributed by atoms with E-state index in [0.29, 0.717) is 16.9 Å².